The van der Waals surface area contributed by atoms with E-state index in [1.54, 1.807) is 26.0 Å². The van der Waals surface area contributed by atoms with E-state index in [9.17, 15) is 18.0 Å². The van der Waals surface area contributed by atoms with Crippen molar-refractivity contribution >= 4 is 21.8 Å². The Kier molecular flexibility index (Phi) is 7.17. The van der Waals surface area contributed by atoms with Crippen molar-refractivity contribution in [3.8, 4) is 11.5 Å². The predicted octanol–water partition coefficient (Wildman–Crippen LogP) is 3.52. The summed E-state index contributed by atoms with van der Waals surface area (Å²) in [6, 6.07) is 15.5. The average molecular weight is 471 g/mol. The van der Waals surface area contributed by atoms with Gasteiger partial charge in [-0.05, 0) is 50.2 Å². The Morgan fingerprint density at radius 2 is 1.52 bits per heavy atom. The van der Waals surface area contributed by atoms with E-state index in [1.807, 2.05) is 18.2 Å². The number of amides is 2. The van der Waals surface area contributed by atoms with Crippen LogP contribution < -0.4 is 4.74 Å². The molecule has 0 spiro atoms. The molecular weight excluding hydrogens is 444 g/mol. The molecule has 174 valence electrons. The van der Waals surface area contributed by atoms with Crippen LogP contribution >= 0.6 is 0 Å². The molecule has 1 heterocycles. The topological polar surface area (TPSA) is 102 Å². The quantitative estimate of drug-likeness (QED) is 0.524. The van der Waals surface area contributed by atoms with Crippen LogP contribution in [0.2, 0.25) is 0 Å². The highest BCUT2D eigenvalue weighted by Gasteiger charge is 2.29. The molecule has 0 N–H and O–H groups in total. The van der Waals surface area contributed by atoms with E-state index in [0.29, 0.717) is 24.6 Å². The van der Waals surface area contributed by atoms with E-state index in [0.717, 1.165) is 10.7 Å². The van der Waals surface area contributed by atoms with Crippen molar-refractivity contribution in [2.24, 2.45) is 0 Å². The number of aromatic nitrogens is 2. The van der Waals surface area contributed by atoms with Gasteiger partial charge in [0.15, 0.2) is 5.03 Å². The van der Waals surface area contributed by atoms with Gasteiger partial charge in [0.2, 0.25) is 9.84 Å². The number of hydrogen-bond donors (Lipinski definition) is 0. The summed E-state index contributed by atoms with van der Waals surface area (Å²) in [4.78, 5) is 28.2. The normalized spacial score (nSPS) is 11.2. The van der Waals surface area contributed by atoms with Gasteiger partial charge >= 0.3 is 6.03 Å². The average Bonchev–Trinajstić information content (AvgIpc) is 3.26. The summed E-state index contributed by atoms with van der Waals surface area (Å²) in [5, 5.41) is 3.64. The molecule has 2 aromatic carbocycles. The molecule has 0 atom stereocenters. The lowest BCUT2D eigenvalue weighted by Gasteiger charge is -2.19. The number of hydrogen-bond acceptors (Lipinski definition) is 6. The number of ether oxygens (including phenoxy) is 1. The second-order valence-corrected chi connectivity index (χ2v) is 9.22. The first-order chi connectivity index (χ1) is 15.7. The first kappa shape index (κ1) is 24.0. The lowest BCUT2D eigenvalue weighted by molar-refractivity contribution is 0.0815. The molecule has 3 rings (SSSR count). The molecule has 0 aliphatic carbocycles. The second kappa shape index (κ2) is 9.86. The third-order valence-electron chi connectivity index (χ3n) is 4.92. The first-order valence-electron chi connectivity index (χ1n) is 10.4. The van der Waals surface area contributed by atoms with Gasteiger partial charge in [0.05, 0.1) is 4.90 Å². The monoisotopic (exact) mass is 470 g/mol. The smallest absolute Gasteiger partial charge is 0.345 e. The van der Waals surface area contributed by atoms with Crippen LogP contribution in [0.1, 0.15) is 24.3 Å². The largest absolute Gasteiger partial charge is 0.457 e. The van der Waals surface area contributed by atoms with Crippen molar-refractivity contribution in [1.29, 1.82) is 0 Å². The van der Waals surface area contributed by atoms with Gasteiger partial charge in [-0.15, -0.1) is 0 Å². The van der Waals surface area contributed by atoms with E-state index in [1.165, 1.54) is 48.2 Å². The summed E-state index contributed by atoms with van der Waals surface area (Å²) in [5.74, 6) is 0.551. The van der Waals surface area contributed by atoms with E-state index in [-0.39, 0.29) is 15.6 Å². The Hall–Kier alpha value is -3.66. The van der Waals surface area contributed by atoms with Gasteiger partial charge in [0, 0.05) is 33.3 Å². The summed E-state index contributed by atoms with van der Waals surface area (Å²) in [5.41, 5.74) is -0.125. The predicted molar refractivity (Wildman–Crippen MR) is 122 cm³/mol. The van der Waals surface area contributed by atoms with Crippen LogP contribution in [-0.4, -0.2) is 67.1 Å². The van der Waals surface area contributed by atoms with Crippen LogP contribution in [0.15, 0.2) is 70.6 Å². The molecule has 0 saturated carbocycles. The molecule has 0 saturated heterocycles. The Balaban J connectivity index is 1.98. The zero-order valence-corrected chi connectivity index (χ0v) is 19.7. The highest BCUT2D eigenvalue weighted by atomic mass is 32.2. The van der Waals surface area contributed by atoms with E-state index >= 15 is 0 Å². The summed E-state index contributed by atoms with van der Waals surface area (Å²) in [6.45, 7) is 4.34. The maximum atomic E-state index is 13.2. The molecular formula is C23H26N4O5S. The van der Waals surface area contributed by atoms with Gasteiger partial charge in [-0.25, -0.2) is 13.2 Å². The van der Waals surface area contributed by atoms with Gasteiger partial charge in [-0.2, -0.15) is 9.78 Å². The maximum Gasteiger partial charge on any atom is 0.345 e. The van der Waals surface area contributed by atoms with Crippen molar-refractivity contribution in [3.05, 3.63) is 66.4 Å². The lowest BCUT2D eigenvalue weighted by atomic mass is 10.3. The molecule has 3 aromatic rings. The summed E-state index contributed by atoms with van der Waals surface area (Å²) in [7, 11) is -1.06. The zero-order valence-electron chi connectivity index (χ0n) is 18.9. The Labute approximate surface area is 193 Å². The molecule has 0 fully saturated rings. The highest BCUT2D eigenvalue weighted by molar-refractivity contribution is 7.91. The number of rotatable bonds is 7. The fourth-order valence-electron chi connectivity index (χ4n) is 3.08. The van der Waals surface area contributed by atoms with E-state index < -0.39 is 21.8 Å². The molecule has 1 aromatic heterocycles. The Morgan fingerprint density at radius 1 is 0.939 bits per heavy atom. The lowest BCUT2D eigenvalue weighted by Crippen LogP contribution is -2.37. The fourth-order valence-corrected chi connectivity index (χ4v) is 4.27. The maximum absolute atomic E-state index is 13.2. The van der Waals surface area contributed by atoms with Gasteiger partial charge in [-0.1, -0.05) is 18.2 Å². The van der Waals surface area contributed by atoms with Crippen LogP contribution in [0, 0.1) is 0 Å². The third-order valence-corrected chi connectivity index (χ3v) is 6.56. The number of benzene rings is 2. The molecule has 0 unspecified atom stereocenters. The molecule has 33 heavy (non-hydrogen) atoms. The van der Waals surface area contributed by atoms with Gasteiger partial charge in [0.1, 0.15) is 17.2 Å². The van der Waals surface area contributed by atoms with Crippen LogP contribution in [0.25, 0.3) is 0 Å². The zero-order chi connectivity index (χ0) is 24.2. The van der Waals surface area contributed by atoms with Crippen LogP contribution in [-0.2, 0) is 9.84 Å². The standard InChI is InChI=1S/C23H26N4O5S/c1-5-26(6-2)23(29)27-20(22(28)25(3)4)16-21(24-27)33(30,31)19-14-12-18(13-15-19)32-17-10-8-7-9-11-17/h7-16H,5-6H2,1-4H3. The summed E-state index contributed by atoms with van der Waals surface area (Å²) < 4.78 is 33.0. The SMILES string of the molecule is CCN(CC)C(=O)n1nc(S(=O)(=O)c2ccc(Oc3ccccc3)cc2)cc1C(=O)N(C)C. The van der Waals surface area contributed by atoms with Crippen molar-refractivity contribution < 1.29 is 22.7 Å². The Morgan fingerprint density at radius 3 is 2.06 bits per heavy atom. The number of carbonyl (C=O) groups is 2. The van der Waals surface area contributed by atoms with Crippen LogP contribution in [0.5, 0.6) is 11.5 Å². The molecule has 0 aliphatic rings. The van der Waals surface area contributed by atoms with Crippen molar-refractivity contribution in [2.75, 3.05) is 27.2 Å². The first-order valence-corrected chi connectivity index (χ1v) is 11.9. The van der Waals surface area contributed by atoms with Gasteiger partial charge < -0.3 is 14.5 Å². The molecule has 10 heteroatoms. The van der Waals surface area contributed by atoms with E-state index in [4.69, 9.17) is 4.74 Å². The number of sulfone groups is 1. The fraction of sp³-hybridized carbons (Fsp3) is 0.261. The number of carbonyl (C=O) groups excluding carboxylic acids is 2. The second-order valence-electron chi connectivity index (χ2n) is 7.32. The minimum atomic E-state index is -4.09. The van der Waals surface area contributed by atoms with Crippen molar-refractivity contribution in [3.63, 3.8) is 0 Å². The van der Waals surface area contributed by atoms with Crippen LogP contribution in [0.3, 0.4) is 0 Å². The summed E-state index contributed by atoms with van der Waals surface area (Å²) in [6.07, 6.45) is 0. The number of para-hydroxylation sites is 1. The molecule has 2 amide bonds. The third kappa shape index (κ3) is 5.06. The van der Waals surface area contributed by atoms with Gasteiger partial charge in [-0.3, -0.25) is 4.79 Å². The molecule has 0 radical (unpaired) electrons. The minimum absolute atomic E-state index is 0.0355. The summed E-state index contributed by atoms with van der Waals surface area (Å²) >= 11 is 0. The van der Waals surface area contributed by atoms with Crippen molar-refractivity contribution in [1.82, 2.24) is 19.6 Å². The molecule has 0 bridgehead atoms. The van der Waals surface area contributed by atoms with Gasteiger partial charge in [0.25, 0.3) is 5.91 Å². The highest BCUT2D eigenvalue weighted by Crippen LogP contribution is 2.26. The number of nitrogens with zero attached hydrogens (tertiary/aromatic N) is 4. The van der Waals surface area contributed by atoms with Crippen LogP contribution in [0.4, 0.5) is 4.79 Å². The molecule has 0 aliphatic heterocycles. The molecule has 9 nitrogen and oxygen atoms in total. The van der Waals surface area contributed by atoms with E-state index in [2.05, 4.69) is 5.10 Å². The Bertz CT molecular complexity index is 1230. The van der Waals surface area contributed by atoms with Crippen molar-refractivity contribution in [2.45, 2.75) is 23.8 Å². The minimum Gasteiger partial charge on any atom is -0.457 e.